The Kier molecular flexibility index (Phi) is 7.15. The van der Waals surface area contributed by atoms with Crippen LogP contribution in [0.3, 0.4) is 0 Å². The van der Waals surface area contributed by atoms with Gasteiger partial charge in [0.1, 0.15) is 5.82 Å². The standard InChI is InChI=1S/C18H29ClFN/c1-6-21-15(9-13(2)12-18(3,4)5)10-14-7-8-16(19)17(20)11-14/h7-8,11,13,15,21H,6,9-10,12H2,1-5H3. The molecule has 0 spiro atoms. The Hall–Kier alpha value is -0.600. The van der Waals surface area contributed by atoms with Crippen LogP contribution in [0.2, 0.25) is 5.02 Å². The average Bonchev–Trinajstić information content (AvgIpc) is 2.31. The third-order valence-electron chi connectivity index (χ3n) is 3.61. The lowest BCUT2D eigenvalue weighted by molar-refractivity contribution is 0.275. The van der Waals surface area contributed by atoms with E-state index >= 15 is 0 Å². The Morgan fingerprint density at radius 3 is 2.48 bits per heavy atom. The second kappa shape index (κ2) is 8.14. The zero-order chi connectivity index (χ0) is 16.0. The molecule has 0 fully saturated rings. The molecule has 0 saturated carbocycles. The van der Waals surface area contributed by atoms with Crippen LogP contribution in [0.1, 0.15) is 53.0 Å². The van der Waals surface area contributed by atoms with Crippen molar-refractivity contribution in [3.05, 3.63) is 34.6 Å². The normalized spacial score (nSPS) is 15.0. The van der Waals surface area contributed by atoms with Crippen molar-refractivity contribution in [2.45, 2.75) is 59.9 Å². The van der Waals surface area contributed by atoms with Crippen LogP contribution in [-0.4, -0.2) is 12.6 Å². The van der Waals surface area contributed by atoms with Gasteiger partial charge in [-0.3, -0.25) is 0 Å². The molecule has 1 rings (SSSR count). The lowest BCUT2D eigenvalue weighted by Crippen LogP contribution is -2.33. The molecule has 1 N–H and O–H groups in total. The van der Waals surface area contributed by atoms with E-state index in [1.165, 1.54) is 6.42 Å². The molecular weight excluding hydrogens is 285 g/mol. The van der Waals surface area contributed by atoms with E-state index in [1.54, 1.807) is 12.1 Å². The van der Waals surface area contributed by atoms with Gasteiger partial charge in [-0.1, -0.05) is 52.3 Å². The fourth-order valence-corrected chi connectivity index (χ4v) is 3.21. The van der Waals surface area contributed by atoms with E-state index in [0.717, 1.165) is 24.9 Å². The predicted octanol–water partition coefficient (Wildman–Crippen LogP) is 5.46. The second-order valence-electron chi connectivity index (χ2n) is 7.31. The largest absolute Gasteiger partial charge is 0.314 e. The average molecular weight is 314 g/mol. The molecule has 1 aromatic rings. The van der Waals surface area contributed by atoms with Gasteiger partial charge >= 0.3 is 0 Å². The van der Waals surface area contributed by atoms with E-state index < -0.39 is 0 Å². The van der Waals surface area contributed by atoms with Gasteiger partial charge in [0.25, 0.3) is 0 Å². The Morgan fingerprint density at radius 2 is 1.95 bits per heavy atom. The Labute approximate surface area is 134 Å². The summed E-state index contributed by atoms with van der Waals surface area (Å²) < 4.78 is 13.5. The molecule has 21 heavy (non-hydrogen) atoms. The van der Waals surface area contributed by atoms with Gasteiger partial charge in [-0.15, -0.1) is 0 Å². The molecule has 2 atom stereocenters. The van der Waals surface area contributed by atoms with Crippen LogP contribution in [-0.2, 0) is 6.42 Å². The van der Waals surface area contributed by atoms with Crippen molar-refractivity contribution in [1.82, 2.24) is 5.32 Å². The van der Waals surface area contributed by atoms with Gasteiger partial charge in [0.05, 0.1) is 5.02 Å². The smallest absolute Gasteiger partial charge is 0.142 e. The maximum atomic E-state index is 13.5. The molecule has 0 aromatic heterocycles. The topological polar surface area (TPSA) is 12.0 Å². The summed E-state index contributed by atoms with van der Waals surface area (Å²) >= 11 is 5.74. The quantitative estimate of drug-likeness (QED) is 0.704. The summed E-state index contributed by atoms with van der Waals surface area (Å²) in [5.74, 6) is 0.318. The van der Waals surface area contributed by atoms with Gasteiger partial charge < -0.3 is 5.32 Å². The Bertz CT molecular complexity index is 439. The van der Waals surface area contributed by atoms with Gasteiger partial charge in [0.2, 0.25) is 0 Å². The van der Waals surface area contributed by atoms with Crippen molar-refractivity contribution in [1.29, 1.82) is 0 Å². The van der Waals surface area contributed by atoms with E-state index in [-0.39, 0.29) is 10.8 Å². The fraction of sp³-hybridized carbons (Fsp3) is 0.667. The molecule has 0 heterocycles. The number of hydrogen-bond donors (Lipinski definition) is 1. The molecule has 0 saturated heterocycles. The van der Waals surface area contributed by atoms with Crippen molar-refractivity contribution in [2.75, 3.05) is 6.54 Å². The molecule has 1 nitrogen and oxygen atoms in total. The van der Waals surface area contributed by atoms with Crippen LogP contribution < -0.4 is 5.32 Å². The first-order valence-corrected chi connectivity index (χ1v) is 8.26. The predicted molar refractivity (Wildman–Crippen MR) is 90.4 cm³/mol. The molecule has 120 valence electrons. The summed E-state index contributed by atoms with van der Waals surface area (Å²) in [7, 11) is 0. The number of hydrogen-bond acceptors (Lipinski definition) is 1. The molecule has 0 aliphatic carbocycles. The first kappa shape index (κ1) is 18.4. The molecule has 0 radical (unpaired) electrons. The van der Waals surface area contributed by atoms with Crippen molar-refractivity contribution >= 4 is 11.6 Å². The lowest BCUT2D eigenvalue weighted by atomic mass is 9.82. The third kappa shape index (κ3) is 7.28. The number of halogens is 2. The lowest BCUT2D eigenvalue weighted by Gasteiger charge is -2.27. The molecule has 3 heteroatoms. The molecule has 0 aliphatic heterocycles. The van der Waals surface area contributed by atoms with Gasteiger partial charge in [-0.05, 0) is 54.8 Å². The van der Waals surface area contributed by atoms with E-state index in [4.69, 9.17) is 11.6 Å². The molecule has 0 amide bonds. The van der Waals surface area contributed by atoms with E-state index in [1.807, 2.05) is 6.07 Å². The maximum absolute atomic E-state index is 13.5. The van der Waals surface area contributed by atoms with Crippen LogP contribution in [0.5, 0.6) is 0 Å². The minimum atomic E-state index is -0.327. The Morgan fingerprint density at radius 1 is 1.29 bits per heavy atom. The van der Waals surface area contributed by atoms with Crippen LogP contribution in [0.25, 0.3) is 0 Å². The number of nitrogens with one attached hydrogen (secondary N) is 1. The fourth-order valence-electron chi connectivity index (χ4n) is 3.09. The van der Waals surface area contributed by atoms with E-state index in [0.29, 0.717) is 17.4 Å². The second-order valence-corrected chi connectivity index (χ2v) is 7.72. The van der Waals surface area contributed by atoms with Gasteiger partial charge in [-0.2, -0.15) is 0 Å². The van der Waals surface area contributed by atoms with E-state index in [9.17, 15) is 4.39 Å². The molecular formula is C18H29ClFN. The van der Waals surface area contributed by atoms with E-state index in [2.05, 4.69) is 39.9 Å². The maximum Gasteiger partial charge on any atom is 0.142 e. The number of rotatable bonds is 7. The molecule has 0 aliphatic rings. The van der Waals surface area contributed by atoms with Crippen LogP contribution in [0, 0.1) is 17.2 Å². The van der Waals surface area contributed by atoms with Crippen molar-refractivity contribution in [2.24, 2.45) is 11.3 Å². The summed E-state index contributed by atoms with van der Waals surface area (Å²) in [4.78, 5) is 0. The monoisotopic (exact) mass is 313 g/mol. The SMILES string of the molecule is CCNC(Cc1ccc(Cl)c(F)c1)CC(C)CC(C)(C)C. The summed E-state index contributed by atoms with van der Waals surface area (Å²) in [5, 5.41) is 3.72. The van der Waals surface area contributed by atoms with Crippen molar-refractivity contribution < 1.29 is 4.39 Å². The zero-order valence-corrected chi connectivity index (χ0v) is 14.7. The number of benzene rings is 1. The van der Waals surface area contributed by atoms with Gasteiger partial charge in [-0.25, -0.2) is 4.39 Å². The van der Waals surface area contributed by atoms with Gasteiger partial charge in [0, 0.05) is 6.04 Å². The summed E-state index contributed by atoms with van der Waals surface area (Å²) in [5.41, 5.74) is 1.36. The van der Waals surface area contributed by atoms with Crippen LogP contribution >= 0.6 is 11.6 Å². The van der Waals surface area contributed by atoms with Crippen molar-refractivity contribution in [3.8, 4) is 0 Å². The highest BCUT2D eigenvalue weighted by atomic mass is 35.5. The van der Waals surface area contributed by atoms with Crippen LogP contribution in [0.15, 0.2) is 18.2 Å². The zero-order valence-electron chi connectivity index (χ0n) is 14.0. The Balaban J connectivity index is 2.66. The highest BCUT2D eigenvalue weighted by Crippen LogP contribution is 2.27. The summed E-state index contributed by atoms with van der Waals surface area (Å²) in [6.07, 6.45) is 3.15. The van der Waals surface area contributed by atoms with Crippen LogP contribution in [0.4, 0.5) is 4.39 Å². The minimum Gasteiger partial charge on any atom is -0.314 e. The summed E-state index contributed by atoms with van der Waals surface area (Å²) in [6.45, 7) is 12.2. The first-order chi connectivity index (χ1) is 9.71. The highest BCUT2D eigenvalue weighted by Gasteiger charge is 2.19. The molecule has 1 aromatic carbocycles. The summed E-state index contributed by atoms with van der Waals surface area (Å²) in [6, 6.07) is 5.51. The number of likely N-dealkylation sites (N-methyl/N-ethyl adjacent to an activating group) is 1. The third-order valence-corrected chi connectivity index (χ3v) is 3.91. The van der Waals surface area contributed by atoms with Crippen molar-refractivity contribution in [3.63, 3.8) is 0 Å². The van der Waals surface area contributed by atoms with Gasteiger partial charge in [0.15, 0.2) is 0 Å². The first-order valence-electron chi connectivity index (χ1n) is 7.88. The highest BCUT2D eigenvalue weighted by molar-refractivity contribution is 6.30. The minimum absolute atomic E-state index is 0.194. The molecule has 0 bridgehead atoms. The molecule has 2 unspecified atom stereocenters.